The summed E-state index contributed by atoms with van der Waals surface area (Å²) in [6.45, 7) is 4.23. The van der Waals surface area contributed by atoms with Gasteiger partial charge in [0.25, 0.3) is 5.91 Å². The van der Waals surface area contributed by atoms with Crippen LogP contribution >= 0.6 is 11.8 Å². The van der Waals surface area contributed by atoms with Crippen molar-refractivity contribution in [1.29, 1.82) is 0 Å². The molecule has 7 nitrogen and oxygen atoms in total. The SMILES string of the molecule is C=CCn1c(SCC(=O)NNC(=O)c2ccccc2F)nnc1-c1ccccc1. The summed E-state index contributed by atoms with van der Waals surface area (Å²) in [6, 6.07) is 15.1. The van der Waals surface area contributed by atoms with E-state index in [4.69, 9.17) is 0 Å². The van der Waals surface area contributed by atoms with Gasteiger partial charge in [0, 0.05) is 12.1 Å². The number of benzene rings is 2. The number of hydrazine groups is 1. The van der Waals surface area contributed by atoms with Crippen molar-refractivity contribution >= 4 is 23.6 Å². The standard InChI is InChI=1S/C20H18FN5O2S/c1-2-12-26-18(14-8-4-3-5-9-14)23-25-20(26)29-13-17(27)22-24-19(28)15-10-6-7-11-16(15)21/h2-11H,1,12-13H2,(H,22,27)(H,24,28). The van der Waals surface area contributed by atoms with E-state index >= 15 is 0 Å². The minimum absolute atomic E-state index is 0.0123. The number of thioether (sulfide) groups is 1. The molecule has 2 N–H and O–H groups in total. The van der Waals surface area contributed by atoms with Gasteiger partial charge in [-0.1, -0.05) is 60.3 Å². The number of nitrogens with one attached hydrogen (secondary N) is 2. The van der Waals surface area contributed by atoms with E-state index in [1.54, 1.807) is 6.08 Å². The first-order valence-electron chi connectivity index (χ1n) is 8.66. The number of carbonyl (C=O) groups excluding carboxylic acids is 2. The van der Waals surface area contributed by atoms with Crippen molar-refractivity contribution in [3.8, 4) is 11.4 Å². The van der Waals surface area contributed by atoms with Gasteiger partial charge in [0.15, 0.2) is 11.0 Å². The summed E-state index contributed by atoms with van der Waals surface area (Å²) in [4.78, 5) is 24.0. The number of hydrogen-bond donors (Lipinski definition) is 2. The van der Waals surface area contributed by atoms with E-state index in [-0.39, 0.29) is 11.3 Å². The van der Waals surface area contributed by atoms with E-state index in [0.29, 0.717) is 17.5 Å². The van der Waals surface area contributed by atoms with Crippen LogP contribution in [0, 0.1) is 5.82 Å². The van der Waals surface area contributed by atoms with Gasteiger partial charge in [0.1, 0.15) is 5.82 Å². The van der Waals surface area contributed by atoms with Crippen molar-refractivity contribution in [2.24, 2.45) is 0 Å². The molecule has 0 unspecified atom stereocenters. The van der Waals surface area contributed by atoms with Gasteiger partial charge in [-0.3, -0.25) is 25.0 Å². The summed E-state index contributed by atoms with van der Waals surface area (Å²) in [6.07, 6.45) is 1.72. The van der Waals surface area contributed by atoms with Crippen LogP contribution in [0.1, 0.15) is 10.4 Å². The van der Waals surface area contributed by atoms with Gasteiger partial charge in [-0.15, -0.1) is 16.8 Å². The highest BCUT2D eigenvalue weighted by Crippen LogP contribution is 2.23. The maximum Gasteiger partial charge on any atom is 0.272 e. The third kappa shape index (κ3) is 5.08. The van der Waals surface area contributed by atoms with Crippen molar-refractivity contribution in [3.63, 3.8) is 0 Å². The van der Waals surface area contributed by atoms with Gasteiger partial charge in [-0.05, 0) is 12.1 Å². The number of carbonyl (C=O) groups is 2. The molecule has 2 amide bonds. The summed E-state index contributed by atoms with van der Waals surface area (Å²) < 4.78 is 15.4. The lowest BCUT2D eigenvalue weighted by atomic mass is 10.2. The minimum Gasteiger partial charge on any atom is -0.298 e. The molecule has 29 heavy (non-hydrogen) atoms. The second kappa shape index (κ2) is 9.65. The van der Waals surface area contributed by atoms with Crippen molar-refractivity contribution in [3.05, 3.63) is 78.6 Å². The van der Waals surface area contributed by atoms with E-state index in [0.717, 1.165) is 5.56 Å². The Morgan fingerprint density at radius 1 is 1.07 bits per heavy atom. The summed E-state index contributed by atoms with van der Waals surface area (Å²) in [5.41, 5.74) is 5.21. The molecule has 148 valence electrons. The first kappa shape index (κ1) is 20.3. The molecule has 0 aliphatic rings. The van der Waals surface area contributed by atoms with Crippen LogP contribution < -0.4 is 10.9 Å². The highest BCUT2D eigenvalue weighted by molar-refractivity contribution is 7.99. The van der Waals surface area contributed by atoms with Crippen molar-refractivity contribution < 1.29 is 14.0 Å². The number of nitrogens with zero attached hydrogens (tertiary/aromatic N) is 3. The smallest absolute Gasteiger partial charge is 0.272 e. The molecule has 0 atom stereocenters. The molecule has 3 aromatic rings. The van der Waals surface area contributed by atoms with E-state index < -0.39 is 17.6 Å². The highest BCUT2D eigenvalue weighted by Gasteiger charge is 2.16. The molecule has 9 heteroatoms. The molecule has 3 rings (SSSR count). The molecular formula is C20H18FN5O2S. The largest absolute Gasteiger partial charge is 0.298 e. The average Bonchev–Trinajstić information content (AvgIpc) is 3.14. The lowest BCUT2D eigenvalue weighted by molar-refractivity contribution is -0.119. The molecule has 0 saturated carbocycles. The van der Waals surface area contributed by atoms with Crippen molar-refractivity contribution in [2.75, 3.05) is 5.75 Å². The van der Waals surface area contributed by atoms with Gasteiger partial charge in [-0.2, -0.15) is 0 Å². The third-order valence-electron chi connectivity index (χ3n) is 3.83. The zero-order chi connectivity index (χ0) is 20.6. The number of amides is 2. The van der Waals surface area contributed by atoms with Crippen LogP contribution in [-0.2, 0) is 11.3 Å². The molecule has 0 bridgehead atoms. The van der Waals surface area contributed by atoms with Gasteiger partial charge < -0.3 is 0 Å². The van der Waals surface area contributed by atoms with Crippen LogP contribution in [0.2, 0.25) is 0 Å². The van der Waals surface area contributed by atoms with Gasteiger partial charge in [0.05, 0.1) is 11.3 Å². The van der Waals surface area contributed by atoms with Crippen LogP contribution in [0.25, 0.3) is 11.4 Å². The van der Waals surface area contributed by atoms with Crippen LogP contribution in [0.5, 0.6) is 0 Å². The van der Waals surface area contributed by atoms with Crippen LogP contribution in [-0.4, -0.2) is 32.3 Å². The topological polar surface area (TPSA) is 88.9 Å². The monoisotopic (exact) mass is 411 g/mol. The zero-order valence-electron chi connectivity index (χ0n) is 15.3. The Kier molecular flexibility index (Phi) is 6.75. The minimum atomic E-state index is -0.734. The zero-order valence-corrected chi connectivity index (χ0v) is 16.2. The maximum absolute atomic E-state index is 13.6. The van der Waals surface area contributed by atoms with Crippen LogP contribution in [0.15, 0.2) is 72.4 Å². The molecule has 0 radical (unpaired) electrons. The molecule has 1 heterocycles. The quantitative estimate of drug-likeness (QED) is 0.355. The average molecular weight is 411 g/mol. The molecule has 0 spiro atoms. The van der Waals surface area contributed by atoms with Gasteiger partial charge in [-0.25, -0.2) is 4.39 Å². The fraction of sp³-hybridized carbons (Fsp3) is 0.100. The Morgan fingerprint density at radius 2 is 1.79 bits per heavy atom. The number of halogens is 1. The Hall–Kier alpha value is -3.46. The molecule has 0 fully saturated rings. The summed E-state index contributed by atoms with van der Waals surface area (Å²) >= 11 is 1.17. The molecule has 0 saturated heterocycles. The number of hydrogen-bond acceptors (Lipinski definition) is 5. The van der Waals surface area contributed by atoms with E-state index in [2.05, 4.69) is 27.6 Å². The first-order chi connectivity index (χ1) is 14.1. The van der Waals surface area contributed by atoms with Crippen molar-refractivity contribution in [1.82, 2.24) is 25.6 Å². The Bertz CT molecular complexity index is 1020. The maximum atomic E-state index is 13.6. The Morgan fingerprint density at radius 3 is 2.52 bits per heavy atom. The molecule has 1 aromatic heterocycles. The van der Waals surface area contributed by atoms with E-state index in [9.17, 15) is 14.0 Å². The summed E-state index contributed by atoms with van der Waals surface area (Å²) in [5.74, 6) is -1.21. The predicted octanol–water partition coefficient (Wildman–Crippen LogP) is 2.82. The number of aromatic nitrogens is 3. The summed E-state index contributed by atoms with van der Waals surface area (Å²) in [7, 11) is 0. The third-order valence-corrected chi connectivity index (χ3v) is 4.79. The fourth-order valence-corrected chi connectivity index (χ4v) is 3.24. The second-order valence-corrected chi connectivity index (χ2v) is 6.78. The lowest BCUT2D eigenvalue weighted by Gasteiger charge is -2.09. The predicted molar refractivity (Wildman–Crippen MR) is 108 cm³/mol. The highest BCUT2D eigenvalue weighted by atomic mass is 32.2. The Balaban J connectivity index is 1.60. The van der Waals surface area contributed by atoms with Crippen LogP contribution in [0.4, 0.5) is 4.39 Å². The van der Waals surface area contributed by atoms with Crippen molar-refractivity contribution in [2.45, 2.75) is 11.7 Å². The first-order valence-corrected chi connectivity index (χ1v) is 9.64. The fourth-order valence-electron chi connectivity index (χ4n) is 2.50. The van der Waals surface area contributed by atoms with Crippen LogP contribution in [0.3, 0.4) is 0 Å². The van der Waals surface area contributed by atoms with Gasteiger partial charge in [0.2, 0.25) is 5.91 Å². The molecular weight excluding hydrogens is 393 g/mol. The molecule has 0 aliphatic heterocycles. The Labute approximate surface area is 171 Å². The normalized spacial score (nSPS) is 10.4. The van der Waals surface area contributed by atoms with Gasteiger partial charge >= 0.3 is 0 Å². The number of allylic oxidation sites excluding steroid dienone is 1. The van der Waals surface area contributed by atoms with E-state index in [1.165, 1.54) is 36.0 Å². The molecule has 0 aliphatic carbocycles. The lowest BCUT2D eigenvalue weighted by Crippen LogP contribution is -2.42. The molecule has 2 aromatic carbocycles. The second-order valence-electron chi connectivity index (χ2n) is 5.84. The number of rotatable bonds is 7. The van der Waals surface area contributed by atoms with E-state index in [1.807, 2.05) is 34.9 Å². The summed E-state index contributed by atoms with van der Waals surface area (Å²) in [5, 5.41) is 8.90.